The van der Waals surface area contributed by atoms with E-state index in [0.29, 0.717) is 18.8 Å². The van der Waals surface area contributed by atoms with Gasteiger partial charge in [0.05, 0.1) is 12.4 Å². The molecule has 1 heterocycles. The molecule has 0 amide bonds. The van der Waals surface area contributed by atoms with Crippen molar-refractivity contribution < 1.29 is 4.39 Å². The maximum Gasteiger partial charge on any atom is 0.159 e. The number of nitrogens with two attached hydrogens (primary N) is 1. The second-order valence-corrected chi connectivity index (χ2v) is 1.86. The third-order valence-corrected chi connectivity index (χ3v) is 1.04. The predicted octanol–water partition coefficient (Wildman–Crippen LogP) is 0.539. The Kier molecular flexibility index (Phi) is 4.65. The van der Waals surface area contributed by atoms with E-state index in [0.717, 1.165) is 12.4 Å². The Bertz CT molecular complexity index is 201. The molecule has 0 radical (unpaired) electrons. The lowest BCUT2D eigenvalue weighted by Gasteiger charge is -1.93. The zero-order valence-electron chi connectivity index (χ0n) is 5.83. The van der Waals surface area contributed by atoms with Crippen molar-refractivity contribution in [2.24, 2.45) is 5.73 Å². The fourth-order valence-electron chi connectivity index (χ4n) is 0.597. The van der Waals surface area contributed by atoms with Crippen LogP contribution in [0.25, 0.3) is 0 Å². The minimum absolute atomic E-state index is 0. The van der Waals surface area contributed by atoms with E-state index >= 15 is 0 Å². The summed E-state index contributed by atoms with van der Waals surface area (Å²) in [6.07, 6.45) is 2.87. The van der Waals surface area contributed by atoms with Crippen LogP contribution in [-0.4, -0.2) is 16.5 Å². The average molecular weight is 178 g/mol. The van der Waals surface area contributed by atoms with E-state index in [9.17, 15) is 4.39 Å². The average Bonchev–Trinajstić information content (AvgIpc) is 1.95. The highest BCUT2D eigenvalue weighted by molar-refractivity contribution is 5.85. The van der Waals surface area contributed by atoms with Gasteiger partial charge in [0.25, 0.3) is 0 Å². The lowest BCUT2D eigenvalue weighted by molar-refractivity contribution is 0.608. The molecule has 2 N–H and O–H groups in total. The standard InChI is InChI=1S/C6H8FN3.ClH/c7-5-3-9-6(1-2-8)10-4-5;/h3-4H,1-2,8H2;1H. The van der Waals surface area contributed by atoms with E-state index in [4.69, 9.17) is 5.73 Å². The van der Waals surface area contributed by atoms with Gasteiger partial charge in [-0.2, -0.15) is 0 Å². The van der Waals surface area contributed by atoms with Crippen LogP contribution in [0.2, 0.25) is 0 Å². The van der Waals surface area contributed by atoms with Crippen LogP contribution in [-0.2, 0) is 6.42 Å². The molecule has 0 aliphatic rings. The van der Waals surface area contributed by atoms with Crippen LogP contribution in [0.15, 0.2) is 12.4 Å². The van der Waals surface area contributed by atoms with Crippen LogP contribution in [0, 0.1) is 5.82 Å². The van der Waals surface area contributed by atoms with Crippen LogP contribution in [0.3, 0.4) is 0 Å². The highest BCUT2D eigenvalue weighted by atomic mass is 35.5. The summed E-state index contributed by atoms with van der Waals surface area (Å²) in [5.74, 6) is 0.171. The molecule has 5 heteroatoms. The van der Waals surface area contributed by atoms with E-state index < -0.39 is 5.82 Å². The summed E-state index contributed by atoms with van der Waals surface area (Å²) in [4.78, 5) is 7.40. The largest absolute Gasteiger partial charge is 0.330 e. The molecule has 0 spiro atoms. The zero-order chi connectivity index (χ0) is 7.40. The first-order valence-electron chi connectivity index (χ1n) is 2.99. The maximum atomic E-state index is 12.2. The molecule has 0 bridgehead atoms. The molecule has 0 atom stereocenters. The SMILES string of the molecule is Cl.NCCc1ncc(F)cn1. The molecule has 0 saturated carbocycles. The smallest absolute Gasteiger partial charge is 0.159 e. The molecule has 1 rings (SSSR count). The van der Waals surface area contributed by atoms with Gasteiger partial charge in [-0.25, -0.2) is 14.4 Å². The maximum absolute atomic E-state index is 12.2. The highest BCUT2D eigenvalue weighted by Gasteiger charge is 1.93. The summed E-state index contributed by atoms with van der Waals surface area (Å²) < 4.78 is 12.2. The topological polar surface area (TPSA) is 51.8 Å². The van der Waals surface area contributed by atoms with Crippen LogP contribution in [0.5, 0.6) is 0 Å². The normalized spacial score (nSPS) is 8.91. The van der Waals surface area contributed by atoms with Gasteiger partial charge in [-0.05, 0) is 6.54 Å². The van der Waals surface area contributed by atoms with Crippen molar-refractivity contribution in [1.29, 1.82) is 0 Å². The van der Waals surface area contributed by atoms with Crippen molar-refractivity contribution in [3.8, 4) is 0 Å². The fourth-order valence-corrected chi connectivity index (χ4v) is 0.597. The number of hydrogen-bond acceptors (Lipinski definition) is 3. The third-order valence-electron chi connectivity index (χ3n) is 1.04. The van der Waals surface area contributed by atoms with Crippen molar-refractivity contribution in [2.45, 2.75) is 6.42 Å². The van der Waals surface area contributed by atoms with Gasteiger partial charge in [0.1, 0.15) is 5.82 Å². The molecule has 0 aromatic carbocycles. The van der Waals surface area contributed by atoms with Gasteiger partial charge in [-0.15, -0.1) is 12.4 Å². The number of aromatic nitrogens is 2. The first kappa shape index (κ1) is 10.3. The highest BCUT2D eigenvalue weighted by Crippen LogP contribution is 1.92. The van der Waals surface area contributed by atoms with Crippen molar-refractivity contribution in [3.63, 3.8) is 0 Å². The number of nitrogens with zero attached hydrogens (tertiary/aromatic N) is 2. The van der Waals surface area contributed by atoms with E-state index in [1.807, 2.05) is 0 Å². The van der Waals surface area contributed by atoms with Gasteiger partial charge >= 0.3 is 0 Å². The van der Waals surface area contributed by atoms with Crippen LogP contribution < -0.4 is 5.73 Å². The Morgan fingerprint density at radius 3 is 2.36 bits per heavy atom. The Balaban J connectivity index is 0.000001000. The first-order valence-corrected chi connectivity index (χ1v) is 2.99. The molecule has 1 aromatic rings. The molecule has 1 aromatic heterocycles. The van der Waals surface area contributed by atoms with Gasteiger partial charge in [-0.3, -0.25) is 0 Å². The van der Waals surface area contributed by atoms with Gasteiger partial charge in [-0.1, -0.05) is 0 Å². The van der Waals surface area contributed by atoms with Gasteiger partial charge in [0.2, 0.25) is 0 Å². The Hall–Kier alpha value is -0.740. The summed E-state index contributed by atoms with van der Waals surface area (Å²) in [6, 6.07) is 0. The van der Waals surface area contributed by atoms with E-state index in [1.165, 1.54) is 0 Å². The van der Waals surface area contributed by atoms with Crippen LogP contribution >= 0.6 is 12.4 Å². The summed E-state index contributed by atoms with van der Waals surface area (Å²) in [5.41, 5.74) is 5.22. The summed E-state index contributed by atoms with van der Waals surface area (Å²) in [6.45, 7) is 0.492. The minimum atomic E-state index is -0.416. The van der Waals surface area contributed by atoms with E-state index in [2.05, 4.69) is 9.97 Å². The lowest BCUT2D eigenvalue weighted by Crippen LogP contribution is -2.06. The van der Waals surface area contributed by atoms with E-state index in [1.54, 1.807) is 0 Å². The summed E-state index contributed by atoms with van der Waals surface area (Å²) in [7, 11) is 0. The van der Waals surface area contributed by atoms with Crippen molar-refractivity contribution in [1.82, 2.24) is 9.97 Å². The molecule has 3 nitrogen and oxygen atoms in total. The molecule has 11 heavy (non-hydrogen) atoms. The molecular weight excluding hydrogens is 169 g/mol. The fraction of sp³-hybridized carbons (Fsp3) is 0.333. The summed E-state index contributed by atoms with van der Waals surface area (Å²) in [5, 5.41) is 0. The number of rotatable bonds is 2. The van der Waals surface area contributed by atoms with Gasteiger partial charge < -0.3 is 5.73 Å². The lowest BCUT2D eigenvalue weighted by atomic mass is 10.4. The molecule has 0 fully saturated rings. The van der Waals surface area contributed by atoms with Crippen molar-refractivity contribution >= 4 is 12.4 Å². The molecule has 0 saturated heterocycles. The molecule has 0 aliphatic heterocycles. The molecular formula is C6H9ClFN3. The molecule has 0 unspecified atom stereocenters. The van der Waals surface area contributed by atoms with Gasteiger partial charge in [0, 0.05) is 6.42 Å². The third kappa shape index (κ3) is 3.25. The number of halogens is 2. The van der Waals surface area contributed by atoms with E-state index in [-0.39, 0.29) is 12.4 Å². The van der Waals surface area contributed by atoms with Crippen LogP contribution in [0.4, 0.5) is 4.39 Å². The zero-order valence-corrected chi connectivity index (χ0v) is 6.64. The second kappa shape index (κ2) is 4.98. The predicted molar refractivity (Wildman–Crippen MR) is 42.0 cm³/mol. The Morgan fingerprint density at radius 2 is 1.91 bits per heavy atom. The minimum Gasteiger partial charge on any atom is -0.330 e. The van der Waals surface area contributed by atoms with Gasteiger partial charge in [0.15, 0.2) is 5.82 Å². The van der Waals surface area contributed by atoms with Crippen LogP contribution in [0.1, 0.15) is 5.82 Å². The Morgan fingerprint density at radius 1 is 1.36 bits per heavy atom. The quantitative estimate of drug-likeness (QED) is 0.718. The van der Waals surface area contributed by atoms with Crippen molar-refractivity contribution in [3.05, 3.63) is 24.0 Å². The monoisotopic (exact) mass is 177 g/mol. The summed E-state index contributed by atoms with van der Waals surface area (Å²) >= 11 is 0. The molecule has 0 aliphatic carbocycles. The number of hydrogen-bond donors (Lipinski definition) is 1. The van der Waals surface area contributed by atoms with Crippen molar-refractivity contribution in [2.75, 3.05) is 6.54 Å². The Labute approximate surface area is 70.3 Å². The second-order valence-electron chi connectivity index (χ2n) is 1.86. The first-order chi connectivity index (χ1) is 4.83. The molecule has 62 valence electrons.